The summed E-state index contributed by atoms with van der Waals surface area (Å²) in [6.45, 7) is 2.15. The molecule has 2 atom stereocenters. The summed E-state index contributed by atoms with van der Waals surface area (Å²) in [7, 11) is 0. The third kappa shape index (κ3) is 3.40. The normalized spacial score (nSPS) is 23.0. The molecule has 0 aliphatic heterocycles. The molecule has 1 aliphatic carbocycles. The summed E-state index contributed by atoms with van der Waals surface area (Å²) in [4.78, 5) is 12.1. The van der Waals surface area contributed by atoms with E-state index in [1.165, 1.54) is 24.6 Å². The monoisotopic (exact) mass is 263 g/mol. The van der Waals surface area contributed by atoms with Crippen molar-refractivity contribution in [2.24, 2.45) is 5.92 Å². The Morgan fingerprint density at radius 3 is 2.47 bits per heavy atom. The van der Waals surface area contributed by atoms with E-state index in [9.17, 15) is 15.0 Å². The second-order valence-corrected chi connectivity index (χ2v) is 5.27. The molecule has 1 aromatic rings. The molecular weight excluding hydrogens is 242 g/mol. The van der Waals surface area contributed by atoms with Crippen LogP contribution in [0, 0.1) is 5.92 Å². The second-order valence-electron chi connectivity index (χ2n) is 5.27. The Morgan fingerprint density at radius 2 is 1.84 bits per heavy atom. The van der Waals surface area contributed by atoms with Crippen LogP contribution in [0.3, 0.4) is 0 Å². The maximum Gasteiger partial charge on any atom is 0.251 e. The Balaban J connectivity index is 2.07. The van der Waals surface area contributed by atoms with Crippen LogP contribution in [0.25, 0.3) is 0 Å². The first-order chi connectivity index (χ1) is 9.10. The van der Waals surface area contributed by atoms with E-state index in [4.69, 9.17) is 0 Å². The standard InChI is InChI=1S/C15H21NO3/c1-2-10-5-3-4-6-14(10)16-15(19)11-7-12(17)9-13(18)8-11/h7-10,14,17-18H,2-6H2,1H3,(H,16,19). The van der Waals surface area contributed by atoms with Crippen molar-refractivity contribution in [2.75, 3.05) is 0 Å². The van der Waals surface area contributed by atoms with Gasteiger partial charge in [-0.15, -0.1) is 0 Å². The molecule has 1 saturated carbocycles. The fraction of sp³-hybridized carbons (Fsp3) is 0.533. The Morgan fingerprint density at radius 1 is 1.21 bits per heavy atom. The molecule has 1 amide bonds. The van der Waals surface area contributed by atoms with Crippen LogP contribution in [0.2, 0.25) is 0 Å². The average molecular weight is 263 g/mol. The molecule has 19 heavy (non-hydrogen) atoms. The molecule has 1 aromatic carbocycles. The predicted molar refractivity (Wildman–Crippen MR) is 73.3 cm³/mol. The van der Waals surface area contributed by atoms with Gasteiger partial charge in [0.1, 0.15) is 11.5 Å². The van der Waals surface area contributed by atoms with Crippen LogP contribution in [0.5, 0.6) is 11.5 Å². The molecule has 4 nitrogen and oxygen atoms in total. The van der Waals surface area contributed by atoms with E-state index >= 15 is 0 Å². The number of nitrogens with one attached hydrogen (secondary N) is 1. The molecule has 0 aromatic heterocycles. The maximum absolute atomic E-state index is 12.1. The lowest BCUT2D eigenvalue weighted by atomic mass is 9.83. The Hall–Kier alpha value is -1.71. The summed E-state index contributed by atoms with van der Waals surface area (Å²) in [5.74, 6) is 0.113. The molecule has 0 radical (unpaired) electrons. The van der Waals surface area contributed by atoms with Gasteiger partial charge < -0.3 is 15.5 Å². The van der Waals surface area contributed by atoms with Crippen molar-refractivity contribution in [3.63, 3.8) is 0 Å². The summed E-state index contributed by atoms with van der Waals surface area (Å²) in [6.07, 6.45) is 5.61. The van der Waals surface area contributed by atoms with Gasteiger partial charge in [-0.05, 0) is 30.9 Å². The van der Waals surface area contributed by atoms with Gasteiger partial charge in [-0.3, -0.25) is 4.79 Å². The summed E-state index contributed by atoms with van der Waals surface area (Å²) in [6, 6.07) is 4.17. The Labute approximate surface area is 113 Å². The van der Waals surface area contributed by atoms with Gasteiger partial charge >= 0.3 is 0 Å². The SMILES string of the molecule is CCC1CCCCC1NC(=O)c1cc(O)cc(O)c1. The van der Waals surface area contributed by atoms with Crippen LogP contribution in [0.1, 0.15) is 49.4 Å². The molecule has 104 valence electrons. The van der Waals surface area contributed by atoms with Crippen molar-refractivity contribution in [2.45, 2.75) is 45.1 Å². The Bertz CT molecular complexity index is 438. The van der Waals surface area contributed by atoms with Crippen molar-refractivity contribution < 1.29 is 15.0 Å². The number of amides is 1. The highest BCUT2D eigenvalue weighted by Crippen LogP contribution is 2.27. The molecule has 2 unspecified atom stereocenters. The van der Waals surface area contributed by atoms with Crippen molar-refractivity contribution in [1.29, 1.82) is 0 Å². The van der Waals surface area contributed by atoms with E-state index in [1.54, 1.807) is 0 Å². The van der Waals surface area contributed by atoms with Gasteiger partial charge in [-0.1, -0.05) is 26.2 Å². The maximum atomic E-state index is 12.1. The number of carbonyl (C=O) groups excluding carboxylic acids is 1. The average Bonchev–Trinajstić information content (AvgIpc) is 2.38. The summed E-state index contributed by atoms with van der Waals surface area (Å²) >= 11 is 0. The number of phenols is 2. The van der Waals surface area contributed by atoms with E-state index in [1.807, 2.05) is 0 Å². The van der Waals surface area contributed by atoms with Crippen molar-refractivity contribution >= 4 is 5.91 Å². The van der Waals surface area contributed by atoms with Crippen molar-refractivity contribution in [1.82, 2.24) is 5.32 Å². The number of benzene rings is 1. The summed E-state index contributed by atoms with van der Waals surface area (Å²) in [5.41, 5.74) is 0.304. The minimum atomic E-state index is -0.225. The number of rotatable bonds is 3. The van der Waals surface area contributed by atoms with Crippen LogP contribution >= 0.6 is 0 Å². The third-order valence-electron chi connectivity index (χ3n) is 3.91. The van der Waals surface area contributed by atoms with Crippen molar-refractivity contribution in [3.05, 3.63) is 23.8 Å². The highest BCUT2D eigenvalue weighted by molar-refractivity contribution is 5.95. The van der Waals surface area contributed by atoms with Crippen LogP contribution in [-0.4, -0.2) is 22.2 Å². The van der Waals surface area contributed by atoms with E-state index < -0.39 is 0 Å². The van der Waals surface area contributed by atoms with Crippen molar-refractivity contribution in [3.8, 4) is 11.5 Å². The minimum Gasteiger partial charge on any atom is -0.508 e. The highest BCUT2D eigenvalue weighted by atomic mass is 16.3. The number of phenolic OH excluding ortho intramolecular Hbond substituents is 2. The summed E-state index contributed by atoms with van der Waals surface area (Å²) in [5, 5.41) is 21.8. The molecule has 1 aliphatic rings. The quantitative estimate of drug-likeness (QED) is 0.785. The molecule has 0 spiro atoms. The molecule has 0 heterocycles. The fourth-order valence-corrected chi connectivity index (χ4v) is 2.86. The molecule has 0 saturated heterocycles. The van der Waals surface area contributed by atoms with Crippen LogP contribution in [-0.2, 0) is 0 Å². The lowest BCUT2D eigenvalue weighted by Gasteiger charge is -2.31. The molecular formula is C15H21NO3. The minimum absolute atomic E-state index is 0.0964. The lowest BCUT2D eigenvalue weighted by Crippen LogP contribution is -2.41. The van der Waals surface area contributed by atoms with E-state index in [-0.39, 0.29) is 23.4 Å². The zero-order chi connectivity index (χ0) is 13.8. The van der Waals surface area contributed by atoms with Gasteiger partial charge in [0, 0.05) is 17.7 Å². The first kappa shape index (κ1) is 13.7. The van der Waals surface area contributed by atoms with Gasteiger partial charge in [0.05, 0.1) is 0 Å². The number of carbonyl (C=O) groups is 1. The number of hydrogen-bond acceptors (Lipinski definition) is 3. The first-order valence-electron chi connectivity index (χ1n) is 6.94. The Kier molecular flexibility index (Phi) is 4.30. The molecule has 0 bridgehead atoms. The zero-order valence-electron chi connectivity index (χ0n) is 11.2. The van der Waals surface area contributed by atoms with E-state index in [0.717, 1.165) is 25.7 Å². The number of hydrogen-bond donors (Lipinski definition) is 3. The van der Waals surface area contributed by atoms with E-state index in [2.05, 4.69) is 12.2 Å². The van der Waals surface area contributed by atoms with Gasteiger partial charge in [-0.25, -0.2) is 0 Å². The number of aromatic hydroxyl groups is 2. The van der Waals surface area contributed by atoms with Gasteiger partial charge in [0.25, 0.3) is 5.91 Å². The van der Waals surface area contributed by atoms with Crippen LogP contribution < -0.4 is 5.32 Å². The van der Waals surface area contributed by atoms with Crippen LogP contribution in [0.4, 0.5) is 0 Å². The van der Waals surface area contributed by atoms with E-state index in [0.29, 0.717) is 11.5 Å². The zero-order valence-corrected chi connectivity index (χ0v) is 11.2. The molecule has 2 rings (SSSR count). The largest absolute Gasteiger partial charge is 0.508 e. The lowest BCUT2D eigenvalue weighted by molar-refractivity contribution is 0.0904. The fourth-order valence-electron chi connectivity index (χ4n) is 2.86. The first-order valence-corrected chi connectivity index (χ1v) is 6.94. The molecule has 1 fully saturated rings. The predicted octanol–water partition coefficient (Wildman–Crippen LogP) is 2.80. The third-order valence-corrected chi connectivity index (χ3v) is 3.91. The van der Waals surface area contributed by atoms with Gasteiger partial charge in [0.2, 0.25) is 0 Å². The van der Waals surface area contributed by atoms with Gasteiger partial charge in [0.15, 0.2) is 0 Å². The van der Waals surface area contributed by atoms with Gasteiger partial charge in [-0.2, -0.15) is 0 Å². The topological polar surface area (TPSA) is 69.6 Å². The van der Waals surface area contributed by atoms with Crippen LogP contribution in [0.15, 0.2) is 18.2 Å². The summed E-state index contributed by atoms with van der Waals surface area (Å²) < 4.78 is 0. The smallest absolute Gasteiger partial charge is 0.251 e. The second kappa shape index (κ2) is 5.95. The highest BCUT2D eigenvalue weighted by Gasteiger charge is 2.25. The molecule has 4 heteroatoms. The molecule has 3 N–H and O–H groups in total.